The molecule has 0 spiro atoms. The molecule has 0 aromatic carbocycles. The molecule has 3 heterocycles. The molecule has 0 radical (unpaired) electrons. The third-order valence-electron chi connectivity index (χ3n) is 5.92. The monoisotopic (exact) mass is 476 g/mol. The van der Waals surface area contributed by atoms with Crippen LogP contribution in [0.1, 0.15) is 38.1 Å². The van der Waals surface area contributed by atoms with E-state index < -0.39 is 41.0 Å². The molecule has 2 aliphatic rings. The van der Waals surface area contributed by atoms with Crippen molar-refractivity contribution < 1.29 is 28.6 Å². The number of hydrogen-bond donors (Lipinski definition) is 4. The van der Waals surface area contributed by atoms with Crippen LogP contribution in [0.15, 0.2) is 17.1 Å². The summed E-state index contributed by atoms with van der Waals surface area (Å²) in [6.07, 6.45) is 1.94. The molecule has 1 saturated carbocycles. The molecule has 1 aliphatic heterocycles. The highest BCUT2D eigenvalue weighted by Gasteiger charge is 2.31. The molecule has 182 valence electrons. The molecule has 2 fully saturated rings. The fraction of sp³-hybridized carbons (Fsp3) is 0.476. The molecule has 2 aromatic heterocycles. The smallest absolute Gasteiger partial charge is 0.449 e. The van der Waals surface area contributed by atoms with Crippen molar-refractivity contribution in [3.63, 3.8) is 0 Å². The van der Waals surface area contributed by atoms with Gasteiger partial charge >= 0.3 is 6.16 Å². The minimum absolute atomic E-state index is 0.000481. The Morgan fingerprint density at radius 2 is 2.06 bits per heavy atom. The van der Waals surface area contributed by atoms with Gasteiger partial charge in [0, 0.05) is 31.6 Å². The van der Waals surface area contributed by atoms with Crippen molar-refractivity contribution in [3.05, 3.63) is 28.3 Å². The first-order valence-corrected chi connectivity index (χ1v) is 10.9. The molecule has 1 aliphatic carbocycles. The summed E-state index contributed by atoms with van der Waals surface area (Å²) in [5, 5.41) is 11.6. The van der Waals surface area contributed by atoms with Gasteiger partial charge in [0.1, 0.15) is 5.65 Å². The highest BCUT2D eigenvalue weighted by atomic mass is 19.1. The summed E-state index contributed by atoms with van der Waals surface area (Å²) in [4.78, 5) is 52.9. The number of ether oxygens (including phenoxy) is 1. The molecule has 4 rings (SSSR count). The van der Waals surface area contributed by atoms with Crippen molar-refractivity contribution in [3.8, 4) is 5.75 Å². The number of nitrogens with two attached hydrogens (primary N) is 2. The lowest BCUT2D eigenvalue weighted by molar-refractivity contribution is -0.123. The van der Waals surface area contributed by atoms with E-state index in [1.54, 1.807) is 9.47 Å². The number of amides is 2. The first-order chi connectivity index (χ1) is 16.1. The molecule has 2 atom stereocenters. The van der Waals surface area contributed by atoms with Crippen molar-refractivity contribution in [2.45, 2.75) is 50.2 Å². The standard InChI is InChI=1S/C21H25FN6O6/c22-13-7-12-17(30)15(34-21(32)33)9-28(11-1-2-11)18(12)26-19(13)27-6-5-10(8-27)25-20(31)14(23)3-4-16(24)29/h7,9-11,14H,1-6,8,23H2,(H2,24,29)(H,25,31)(H,32,33). The molecule has 12 nitrogen and oxygen atoms in total. The SMILES string of the molecule is NC(=O)CCC(N)C(=O)NC1CCN(c2nc3c(cc2F)c(=O)c(OC(=O)O)cn3C2CC2)C1. The van der Waals surface area contributed by atoms with E-state index in [0.29, 0.717) is 13.0 Å². The Labute approximate surface area is 192 Å². The largest absolute Gasteiger partial charge is 0.511 e. The van der Waals surface area contributed by atoms with E-state index >= 15 is 4.39 Å². The van der Waals surface area contributed by atoms with Crippen molar-refractivity contribution in [1.82, 2.24) is 14.9 Å². The number of aromatic nitrogens is 2. The molecular weight excluding hydrogens is 451 g/mol. The van der Waals surface area contributed by atoms with Gasteiger partial charge in [-0.15, -0.1) is 0 Å². The average molecular weight is 476 g/mol. The van der Waals surface area contributed by atoms with E-state index in [1.165, 1.54) is 6.20 Å². The Bertz CT molecular complexity index is 1210. The maximum Gasteiger partial charge on any atom is 0.511 e. The first kappa shape index (κ1) is 23.4. The lowest BCUT2D eigenvalue weighted by Gasteiger charge is -2.21. The first-order valence-electron chi connectivity index (χ1n) is 10.9. The highest BCUT2D eigenvalue weighted by Crippen LogP contribution is 2.38. The van der Waals surface area contributed by atoms with Crippen LogP contribution in [0, 0.1) is 5.82 Å². The van der Waals surface area contributed by atoms with Gasteiger partial charge in [-0.1, -0.05) is 0 Å². The van der Waals surface area contributed by atoms with Crippen molar-refractivity contribution in [1.29, 1.82) is 0 Å². The van der Waals surface area contributed by atoms with Crippen LogP contribution in [0.4, 0.5) is 15.0 Å². The second kappa shape index (κ2) is 9.25. The Kier molecular flexibility index (Phi) is 6.37. The minimum Gasteiger partial charge on any atom is -0.449 e. The van der Waals surface area contributed by atoms with Gasteiger partial charge in [0.05, 0.1) is 17.6 Å². The number of hydrogen-bond acceptors (Lipinski definition) is 8. The number of nitrogens with zero attached hydrogens (tertiary/aromatic N) is 3. The van der Waals surface area contributed by atoms with E-state index in [1.807, 2.05) is 0 Å². The summed E-state index contributed by atoms with van der Waals surface area (Å²) in [5.74, 6) is -2.09. The van der Waals surface area contributed by atoms with Gasteiger partial charge in [0.25, 0.3) is 0 Å². The van der Waals surface area contributed by atoms with E-state index in [-0.39, 0.29) is 48.3 Å². The molecular formula is C21H25FN6O6. The summed E-state index contributed by atoms with van der Waals surface area (Å²) in [6.45, 7) is 0.683. The number of fused-ring (bicyclic) bond motifs is 1. The number of anilines is 1. The van der Waals surface area contributed by atoms with Crippen LogP contribution in [0.3, 0.4) is 0 Å². The Balaban J connectivity index is 1.56. The predicted molar refractivity (Wildman–Crippen MR) is 118 cm³/mol. The summed E-state index contributed by atoms with van der Waals surface area (Å²) >= 11 is 0. The average Bonchev–Trinajstić information content (AvgIpc) is 3.52. The summed E-state index contributed by atoms with van der Waals surface area (Å²) in [6, 6.07) is -0.134. The van der Waals surface area contributed by atoms with Crippen LogP contribution in [0.5, 0.6) is 5.75 Å². The molecule has 2 amide bonds. The highest BCUT2D eigenvalue weighted by molar-refractivity contribution is 5.83. The van der Waals surface area contributed by atoms with E-state index in [0.717, 1.165) is 18.9 Å². The third-order valence-corrected chi connectivity index (χ3v) is 5.92. The summed E-state index contributed by atoms with van der Waals surface area (Å²) in [5.41, 5.74) is 10.4. The van der Waals surface area contributed by atoms with Crippen LogP contribution >= 0.6 is 0 Å². The number of carboxylic acid groups (broad SMARTS) is 1. The zero-order valence-electron chi connectivity index (χ0n) is 18.2. The number of carbonyl (C=O) groups is 3. The molecule has 6 N–H and O–H groups in total. The Hall–Kier alpha value is -3.74. The van der Waals surface area contributed by atoms with Gasteiger partial charge < -0.3 is 36.1 Å². The van der Waals surface area contributed by atoms with Gasteiger partial charge in [0.2, 0.25) is 17.2 Å². The van der Waals surface area contributed by atoms with Crippen LogP contribution in [0.2, 0.25) is 0 Å². The zero-order valence-corrected chi connectivity index (χ0v) is 18.2. The van der Waals surface area contributed by atoms with Crippen molar-refractivity contribution >= 4 is 34.8 Å². The number of nitrogens with one attached hydrogen (secondary N) is 1. The number of halogens is 1. The fourth-order valence-corrected chi connectivity index (χ4v) is 4.04. The van der Waals surface area contributed by atoms with Crippen molar-refractivity contribution in [2.24, 2.45) is 11.5 Å². The number of pyridine rings is 2. The molecule has 2 aromatic rings. The second-order valence-electron chi connectivity index (χ2n) is 8.55. The van der Waals surface area contributed by atoms with Gasteiger partial charge in [0.15, 0.2) is 17.4 Å². The molecule has 1 saturated heterocycles. The van der Waals surface area contributed by atoms with Gasteiger partial charge in [-0.2, -0.15) is 0 Å². The van der Waals surface area contributed by atoms with Gasteiger partial charge in [-0.25, -0.2) is 14.2 Å². The maximum atomic E-state index is 15.0. The molecule has 0 bridgehead atoms. The quantitative estimate of drug-likeness (QED) is 0.387. The van der Waals surface area contributed by atoms with E-state index in [9.17, 15) is 19.2 Å². The summed E-state index contributed by atoms with van der Waals surface area (Å²) in [7, 11) is 0. The lowest BCUT2D eigenvalue weighted by Crippen LogP contribution is -2.46. The normalized spacial score (nSPS) is 18.6. The van der Waals surface area contributed by atoms with E-state index in [4.69, 9.17) is 16.6 Å². The van der Waals surface area contributed by atoms with Crippen molar-refractivity contribution in [2.75, 3.05) is 18.0 Å². The number of rotatable bonds is 8. The van der Waals surface area contributed by atoms with Crippen LogP contribution in [-0.4, -0.2) is 57.8 Å². The Morgan fingerprint density at radius 3 is 2.71 bits per heavy atom. The van der Waals surface area contributed by atoms with Gasteiger partial charge in [-0.3, -0.25) is 14.4 Å². The van der Waals surface area contributed by atoms with Crippen LogP contribution in [0.25, 0.3) is 11.0 Å². The number of carbonyl (C=O) groups excluding carboxylic acids is 2. The number of primary amides is 1. The predicted octanol–water partition coefficient (Wildman–Crippen LogP) is 0.215. The molecule has 2 unspecified atom stereocenters. The third kappa shape index (κ3) is 4.93. The lowest BCUT2D eigenvalue weighted by atomic mass is 10.1. The Morgan fingerprint density at radius 1 is 1.32 bits per heavy atom. The molecule has 34 heavy (non-hydrogen) atoms. The van der Waals surface area contributed by atoms with Crippen LogP contribution < -0.4 is 31.8 Å². The topological polar surface area (TPSA) is 183 Å². The van der Waals surface area contributed by atoms with Gasteiger partial charge in [-0.05, 0) is 31.7 Å². The van der Waals surface area contributed by atoms with E-state index in [2.05, 4.69) is 15.0 Å². The molecule has 13 heteroatoms. The summed E-state index contributed by atoms with van der Waals surface area (Å²) < 4.78 is 21.3. The minimum atomic E-state index is -1.64. The fourth-order valence-electron chi connectivity index (χ4n) is 4.04. The maximum absolute atomic E-state index is 15.0. The zero-order chi connectivity index (χ0) is 24.6. The van der Waals surface area contributed by atoms with Crippen LogP contribution in [-0.2, 0) is 9.59 Å². The second-order valence-corrected chi connectivity index (χ2v) is 8.55.